The molecule has 1 aromatic heterocycles. The van der Waals surface area contributed by atoms with E-state index in [1.54, 1.807) is 7.11 Å². The van der Waals surface area contributed by atoms with Gasteiger partial charge in [0.15, 0.2) is 0 Å². The van der Waals surface area contributed by atoms with Crippen molar-refractivity contribution >= 4 is 0 Å². The molecule has 0 spiro atoms. The molecule has 3 heteroatoms. The molecule has 1 aromatic carbocycles. The van der Waals surface area contributed by atoms with E-state index >= 15 is 0 Å². The molecule has 0 aliphatic rings. The smallest absolute Gasteiger partial charge is 0.118 e. The average molecular weight is 242 g/mol. The van der Waals surface area contributed by atoms with Crippen molar-refractivity contribution < 1.29 is 4.74 Å². The Morgan fingerprint density at radius 1 is 1.17 bits per heavy atom. The maximum Gasteiger partial charge on any atom is 0.118 e. The number of pyridine rings is 1. The molecule has 1 unspecified atom stereocenters. The van der Waals surface area contributed by atoms with Crippen molar-refractivity contribution in [1.82, 2.24) is 4.98 Å². The predicted molar refractivity (Wildman–Crippen MR) is 72.7 cm³/mol. The Morgan fingerprint density at radius 2 is 1.94 bits per heavy atom. The van der Waals surface area contributed by atoms with E-state index in [2.05, 4.69) is 17.1 Å². The molecular formula is C15H18N2O. The molecule has 2 aromatic rings. The Labute approximate surface area is 108 Å². The highest BCUT2D eigenvalue weighted by Gasteiger charge is 2.11. The zero-order chi connectivity index (χ0) is 12.8. The number of nitrogens with two attached hydrogens (primary N) is 1. The lowest BCUT2D eigenvalue weighted by atomic mass is 9.94. The minimum Gasteiger partial charge on any atom is -0.497 e. The van der Waals surface area contributed by atoms with Crippen LogP contribution in [0.25, 0.3) is 0 Å². The molecule has 18 heavy (non-hydrogen) atoms. The van der Waals surface area contributed by atoms with Gasteiger partial charge in [-0.15, -0.1) is 0 Å². The summed E-state index contributed by atoms with van der Waals surface area (Å²) in [7, 11) is 1.67. The number of nitrogens with zero attached hydrogens (tertiary/aromatic N) is 1. The Hall–Kier alpha value is -1.87. The molecule has 0 radical (unpaired) electrons. The lowest BCUT2D eigenvalue weighted by Crippen LogP contribution is -2.15. The Morgan fingerprint density at radius 3 is 2.50 bits per heavy atom. The van der Waals surface area contributed by atoms with E-state index in [4.69, 9.17) is 10.5 Å². The van der Waals surface area contributed by atoms with Crippen LogP contribution in [0.3, 0.4) is 0 Å². The zero-order valence-corrected chi connectivity index (χ0v) is 10.5. The third-order valence-electron chi connectivity index (χ3n) is 3.05. The SMILES string of the molecule is COc1ccc(C(CN)Cc2ccccn2)cc1. The summed E-state index contributed by atoms with van der Waals surface area (Å²) in [4.78, 5) is 4.35. The maximum absolute atomic E-state index is 5.86. The van der Waals surface area contributed by atoms with E-state index in [1.807, 2.05) is 36.5 Å². The predicted octanol–water partition coefficient (Wildman–Crippen LogP) is 2.38. The summed E-state index contributed by atoms with van der Waals surface area (Å²) in [5, 5.41) is 0. The van der Waals surface area contributed by atoms with Gasteiger partial charge in [0.05, 0.1) is 7.11 Å². The highest BCUT2D eigenvalue weighted by Crippen LogP contribution is 2.21. The average Bonchev–Trinajstić information content (AvgIpc) is 2.46. The number of methoxy groups -OCH3 is 1. The van der Waals surface area contributed by atoms with Crippen LogP contribution in [0.1, 0.15) is 17.2 Å². The van der Waals surface area contributed by atoms with Gasteiger partial charge in [-0.2, -0.15) is 0 Å². The van der Waals surface area contributed by atoms with E-state index in [0.29, 0.717) is 12.5 Å². The number of hydrogen-bond acceptors (Lipinski definition) is 3. The Kier molecular flexibility index (Phi) is 4.31. The van der Waals surface area contributed by atoms with Crippen molar-refractivity contribution in [3.63, 3.8) is 0 Å². The fraction of sp³-hybridized carbons (Fsp3) is 0.267. The summed E-state index contributed by atoms with van der Waals surface area (Å²) in [6.45, 7) is 0.614. The van der Waals surface area contributed by atoms with Gasteiger partial charge in [0.2, 0.25) is 0 Å². The van der Waals surface area contributed by atoms with Crippen LogP contribution in [0.15, 0.2) is 48.7 Å². The third kappa shape index (κ3) is 3.08. The van der Waals surface area contributed by atoms with E-state index in [9.17, 15) is 0 Å². The van der Waals surface area contributed by atoms with Gasteiger partial charge in [0.1, 0.15) is 5.75 Å². The van der Waals surface area contributed by atoms with Gasteiger partial charge in [-0.25, -0.2) is 0 Å². The van der Waals surface area contributed by atoms with Crippen molar-refractivity contribution in [2.75, 3.05) is 13.7 Å². The van der Waals surface area contributed by atoms with Gasteiger partial charge >= 0.3 is 0 Å². The van der Waals surface area contributed by atoms with Gasteiger partial charge < -0.3 is 10.5 Å². The Bertz CT molecular complexity index is 468. The van der Waals surface area contributed by atoms with Crippen LogP contribution in [0.5, 0.6) is 5.75 Å². The first-order chi connectivity index (χ1) is 8.83. The van der Waals surface area contributed by atoms with Gasteiger partial charge in [-0.05, 0) is 42.8 Å². The molecule has 0 aliphatic carbocycles. The van der Waals surface area contributed by atoms with Crippen LogP contribution in [-0.4, -0.2) is 18.6 Å². The minimum atomic E-state index is 0.297. The first kappa shape index (κ1) is 12.6. The van der Waals surface area contributed by atoms with Gasteiger partial charge in [-0.1, -0.05) is 18.2 Å². The number of ether oxygens (including phenoxy) is 1. The fourth-order valence-corrected chi connectivity index (χ4v) is 1.98. The zero-order valence-electron chi connectivity index (χ0n) is 10.5. The number of benzene rings is 1. The topological polar surface area (TPSA) is 48.1 Å². The fourth-order valence-electron chi connectivity index (χ4n) is 1.98. The summed E-state index contributed by atoms with van der Waals surface area (Å²) in [6, 6.07) is 14.0. The molecule has 1 heterocycles. The van der Waals surface area contributed by atoms with Crippen LogP contribution in [-0.2, 0) is 6.42 Å². The molecular weight excluding hydrogens is 224 g/mol. The largest absolute Gasteiger partial charge is 0.497 e. The lowest BCUT2D eigenvalue weighted by Gasteiger charge is -2.15. The highest BCUT2D eigenvalue weighted by atomic mass is 16.5. The minimum absolute atomic E-state index is 0.297. The van der Waals surface area contributed by atoms with Crippen molar-refractivity contribution in [1.29, 1.82) is 0 Å². The lowest BCUT2D eigenvalue weighted by molar-refractivity contribution is 0.414. The van der Waals surface area contributed by atoms with Crippen LogP contribution >= 0.6 is 0 Å². The van der Waals surface area contributed by atoms with Crippen molar-refractivity contribution in [3.05, 3.63) is 59.9 Å². The number of hydrogen-bond donors (Lipinski definition) is 1. The molecule has 0 bridgehead atoms. The third-order valence-corrected chi connectivity index (χ3v) is 3.05. The number of rotatable bonds is 5. The highest BCUT2D eigenvalue weighted by molar-refractivity contribution is 5.30. The second kappa shape index (κ2) is 6.17. The quantitative estimate of drug-likeness (QED) is 0.875. The first-order valence-corrected chi connectivity index (χ1v) is 6.07. The van der Waals surface area contributed by atoms with Crippen molar-refractivity contribution in [3.8, 4) is 5.75 Å². The van der Waals surface area contributed by atoms with E-state index in [-0.39, 0.29) is 0 Å². The molecule has 2 N–H and O–H groups in total. The van der Waals surface area contributed by atoms with Crippen LogP contribution in [0, 0.1) is 0 Å². The van der Waals surface area contributed by atoms with Crippen LogP contribution < -0.4 is 10.5 Å². The molecule has 3 nitrogen and oxygen atoms in total. The first-order valence-electron chi connectivity index (χ1n) is 6.07. The van der Waals surface area contributed by atoms with E-state index in [1.165, 1.54) is 5.56 Å². The van der Waals surface area contributed by atoms with Crippen LogP contribution in [0.2, 0.25) is 0 Å². The summed E-state index contributed by atoms with van der Waals surface area (Å²) in [6.07, 6.45) is 2.68. The monoisotopic (exact) mass is 242 g/mol. The summed E-state index contributed by atoms with van der Waals surface area (Å²) < 4.78 is 5.16. The summed E-state index contributed by atoms with van der Waals surface area (Å²) in [5.74, 6) is 1.16. The van der Waals surface area contributed by atoms with Crippen molar-refractivity contribution in [2.24, 2.45) is 5.73 Å². The normalized spacial score (nSPS) is 12.1. The molecule has 0 saturated heterocycles. The summed E-state index contributed by atoms with van der Waals surface area (Å²) >= 11 is 0. The van der Waals surface area contributed by atoms with Crippen LogP contribution in [0.4, 0.5) is 0 Å². The van der Waals surface area contributed by atoms with Gasteiger partial charge in [-0.3, -0.25) is 4.98 Å². The van der Waals surface area contributed by atoms with Gasteiger partial charge in [0, 0.05) is 17.8 Å². The molecule has 0 amide bonds. The molecule has 1 atom stereocenters. The van der Waals surface area contributed by atoms with Crippen molar-refractivity contribution in [2.45, 2.75) is 12.3 Å². The summed E-state index contributed by atoms with van der Waals surface area (Å²) in [5.41, 5.74) is 8.16. The second-order valence-electron chi connectivity index (χ2n) is 4.23. The number of aromatic nitrogens is 1. The van der Waals surface area contributed by atoms with E-state index < -0.39 is 0 Å². The Balaban J connectivity index is 2.12. The second-order valence-corrected chi connectivity index (χ2v) is 4.23. The molecule has 2 rings (SSSR count). The molecule has 0 aliphatic heterocycles. The standard InChI is InChI=1S/C15H18N2O/c1-18-15-7-5-12(6-8-15)13(11-16)10-14-4-2-3-9-17-14/h2-9,13H,10-11,16H2,1H3. The molecule has 0 fully saturated rings. The molecule has 0 saturated carbocycles. The van der Waals surface area contributed by atoms with Gasteiger partial charge in [0.25, 0.3) is 0 Å². The molecule has 94 valence electrons. The van der Waals surface area contributed by atoms with E-state index in [0.717, 1.165) is 17.9 Å². The maximum atomic E-state index is 5.86.